The zero-order chi connectivity index (χ0) is 27.0. The van der Waals surface area contributed by atoms with Gasteiger partial charge in [0.15, 0.2) is 14.6 Å². The highest BCUT2D eigenvalue weighted by molar-refractivity contribution is 7.98. The number of hydrogen-bond acceptors (Lipinski definition) is 5. The van der Waals surface area contributed by atoms with Gasteiger partial charge >= 0.3 is 0 Å². The Hall–Kier alpha value is -3.03. The van der Waals surface area contributed by atoms with Crippen molar-refractivity contribution in [2.75, 3.05) is 12.9 Å². The van der Waals surface area contributed by atoms with Crippen LogP contribution in [0.15, 0.2) is 82.6 Å². The molecule has 200 valence electrons. The van der Waals surface area contributed by atoms with Crippen LogP contribution in [0.1, 0.15) is 55.2 Å². The standard InChI is InChI=1S/C31H35NO4S2/c1-37-29-13-4-3-12-26(29)15-14-25-10-7-9-24(23-25)11-8-22-36-27-16-18-28(19-17-27)38(34,35)31(30(32)33)20-5-2-6-21-31/h3-4,7,9-10,12-19,23H,2,5-6,8,11,20-22H2,1H3,(H2,32,33)/b15-14+. The fourth-order valence-corrected chi connectivity index (χ4v) is 7.64. The lowest BCUT2D eigenvalue weighted by Crippen LogP contribution is -2.51. The zero-order valence-electron chi connectivity index (χ0n) is 21.8. The second-order valence-electron chi connectivity index (χ2n) is 9.67. The summed E-state index contributed by atoms with van der Waals surface area (Å²) in [5.74, 6) is -0.147. The highest BCUT2D eigenvalue weighted by Crippen LogP contribution is 2.39. The Bertz CT molecular complexity index is 1370. The molecule has 3 aromatic rings. The average Bonchev–Trinajstić information content (AvgIpc) is 2.95. The third kappa shape index (κ3) is 6.33. The van der Waals surface area contributed by atoms with Crippen molar-refractivity contribution in [3.63, 3.8) is 0 Å². The van der Waals surface area contributed by atoms with Crippen molar-refractivity contribution >= 4 is 39.7 Å². The van der Waals surface area contributed by atoms with Gasteiger partial charge in [0.2, 0.25) is 5.91 Å². The molecule has 1 aliphatic carbocycles. The molecule has 1 fully saturated rings. The molecule has 7 heteroatoms. The van der Waals surface area contributed by atoms with Gasteiger partial charge in [0.05, 0.1) is 11.5 Å². The summed E-state index contributed by atoms with van der Waals surface area (Å²) in [6.07, 6.45) is 10.9. The second-order valence-corrected chi connectivity index (χ2v) is 12.8. The lowest BCUT2D eigenvalue weighted by atomic mass is 9.88. The number of hydrogen-bond donors (Lipinski definition) is 1. The zero-order valence-corrected chi connectivity index (χ0v) is 23.4. The first-order valence-electron chi connectivity index (χ1n) is 13.0. The van der Waals surface area contributed by atoms with E-state index in [0.29, 0.717) is 25.2 Å². The van der Waals surface area contributed by atoms with Gasteiger partial charge < -0.3 is 10.5 Å². The van der Waals surface area contributed by atoms with E-state index in [0.717, 1.165) is 24.8 Å². The molecule has 0 radical (unpaired) electrons. The third-order valence-corrected chi connectivity index (χ3v) is 10.5. The summed E-state index contributed by atoms with van der Waals surface area (Å²) in [5, 5.41) is 0. The maximum Gasteiger partial charge on any atom is 0.239 e. The molecule has 0 aliphatic heterocycles. The predicted molar refractivity (Wildman–Crippen MR) is 156 cm³/mol. The van der Waals surface area contributed by atoms with Gasteiger partial charge in [-0.3, -0.25) is 4.79 Å². The van der Waals surface area contributed by atoms with E-state index in [-0.39, 0.29) is 17.7 Å². The van der Waals surface area contributed by atoms with Gasteiger partial charge in [-0.1, -0.05) is 73.9 Å². The molecule has 3 aromatic carbocycles. The van der Waals surface area contributed by atoms with Crippen LogP contribution in [-0.2, 0) is 21.1 Å². The molecule has 5 nitrogen and oxygen atoms in total. The molecule has 2 N–H and O–H groups in total. The summed E-state index contributed by atoms with van der Waals surface area (Å²) in [6, 6.07) is 23.2. The lowest BCUT2D eigenvalue weighted by Gasteiger charge is -2.33. The topological polar surface area (TPSA) is 86.5 Å². The van der Waals surface area contributed by atoms with Gasteiger partial charge in [0, 0.05) is 4.90 Å². The molecule has 38 heavy (non-hydrogen) atoms. The quantitative estimate of drug-likeness (QED) is 0.166. The summed E-state index contributed by atoms with van der Waals surface area (Å²) in [6.45, 7) is 0.512. The first-order chi connectivity index (χ1) is 18.4. The smallest absolute Gasteiger partial charge is 0.239 e. The van der Waals surface area contributed by atoms with Gasteiger partial charge in [-0.15, -0.1) is 11.8 Å². The van der Waals surface area contributed by atoms with Crippen molar-refractivity contribution in [1.82, 2.24) is 0 Å². The first kappa shape index (κ1) is 28.0. The largest absolute Gasteiger partial charge is 0.494 e. The van der Waals surface area contributed by atoms with Crippen molar-refractivity contribution in [3.8, 4) is 5.75 Å². The predicted octanol–water partition coefficient (Wildman–Crippen LogP) is 6.55. The number of primary amides is 1. The Morgan fingerprint density at radius 3 is 2.42 bits per heavy atom. The van der Waals surface area contributed by atoms with Crippen LogP contribution in [0, 0.1) is 0 Å². The number of nitrogens with two attached hydrogens (primary N) is 1. The van der Waals surface area contributed by atoms with Gasteiger partial charge in [0.1, 0.15) is 5.75 Å². The van der Waals surface area contributed by atoms with Crippen molar-refractivity contribution in [3.05, 3.63) is 89.5 Å². The number of benzene rings is 3. The van der Waals surface area contributed by atoms with E-state index in [9.17, 15) is 13.2 Å². The van der Waals surface area contributed by atoms with Gasteiger partial charge in [-0.25, -0.2) is 8.42 Å². The van der Waals surface area contributed by atoms with E-state index < -0.39 is 20.5 Å². The summed E-state index contributed by atoms with van der Waals surface area (Å²) in [7, 11) is -3.87. The molecule has 0 spiro atoms. The summed E-state index contributed by atoms with van der Waals surface area (Å²) >= 11 is 1.74. The summed E-state index contributed by atoms with van der Waals surface area (Å²) in [4.78, 5) is 13.6. The molecule has 0 heterocycles. The Labute approximate surface area is 230 Å². The molecule has 0 saturated heterocycles. The lowest BCUT2D eigenvalue weighted by molar-refractivity contribution is -0.121. The minimum absolute atomic E-state index is 0.121. The molecule has 1 saturated carbocycles. The number of rotatable bonds is 11. The Morgan fingerprint density at radius 1 is 0.974 bits per heavy atom. The number of carbonyl (C=O) groups is 1. The van der Waals surface area contributed by atoms with E-state index in [4.69, 9.17) is 10.5 Å². The molecule has 0 bridgehead atoms. The van der Waals surface area contributed by atoms with Crippen LogP contribution >= 0.6 is 11.8 Å². The van der Waals surface area contributed by atoms with E-state index in [2.05, 4.69) is 66.9 Å². The molecule has 1 aliphatic rings. The molecule has 1 amide bonds. The van der Waals surface area contributed by atoms with E-state index in [1.165, 1.54) is 28.2 Å². The summed E-state index contributed by atoms with van der Waals surface area (Å²) in [5.41, 5.74) is 9.20. The number of amides is 1. The maximum absolute atomic E-state index is 13.3. The number of aryl methyl sites for hydroxylation is 1. The normalized spacial score (nSPS) is 15.4. The van der Waals surface area contributed by atoms with Crippen molar-refractivity contribution in [2.24, 2.45) is 5.73 Å². The first-order valence-corrected chi connectivity index (χ1v) is 15.7. The van der Waals surface area contributed by atoms with Crippen molar-refractivity contribution in [2.45, 2.75) is 59.5 Å². The number of thioether (sulfide) groups is 1. The Balaban J connectivity index is 1.32. The highest BCUT2D eigenvalue weighted by atomic mass is 32.2. The van der Waals surface area contributed by atoms with Crippen LogP contribution in [-0.4, -0.2) is 31.9 Å². The van der Waals surface area contributed by atoms with E-state index >= 15 is 0 Å². The monoisotopic (exact) mass is 549 g/mol. The van der Waals surface area contributed by atoms with Crippen LogP contribution in [0.2, 0.25) is 0 Å². The molecule has 0 unspecified atom stereocenters. The SMILES string of the molecule is CSc1ccccc1/C=C/c1cccc(CCCOc2ccc(S(=O)(=O)C3(C(N)=O)CCCCC3)cc2)c1. The Kier molecular flexibility index (Phi) is 9.34. The van der Waals surface area contributed by atoms with E-state index in [1.807, 2.05) is 0 Å². The number of carbonyl (C=O) groups excluding carboxylic acids is 1. The average molecular weight is 550 g/mol. The van der Waals surface area contributed by atoms with Gasteiger partial charge in [0.25, 0.3) is 0 Å². The van der Waals surface area contributed by atoms with Gasteiger partial charge in [-0.05, 0) is 79.0 Å². The van der Waals surface area contributed by atoms with Crippen LogP contribution in [0.25, 0.3) is 12.2 Å². The Morgan fingerprint density at radius 2 is 1.71 bits per heavy atom. The molecule has 0 atom stereocenters. The summed E-state index contributed by atoms with van der Waals surface area (Å²) < 4.78 is 31.0. The second kappa shape index (κ2) is 12.7. The minimum Gasteiger partial charge on any atom is -0.494 e. The van der Waals surface area contributed by atoms with Crippen LogP contribution in [0.3, 0.4) is 0 Å². The molecule has 4 rings (SSSR count). The van der Waals surface area contributed by atoms with Crippen LogP contribution in [0.5, 0.6) is 5.75 Å². The van der Waals surface area contributed by atoms with Gasteiger partial charge in [-0.2, -0.15) is 0 Å². The number of ether oxygens (including phenoxy) is 1. The minimum atomic E-state index is -3.87. The van der Waals surface area contributed by atoms with Crippen molar-refractivity contribution < 1.29 is 17.9 Å². The third-order valence-electron chi connectivity index (χ3n) is 7.18. The van der Waals surface area contributed by atoms with Crippen molar-refractivity contribution in [1.29, 1.82) is 0 Å². The van der Waals surface area contributed by atoms with Crippen LogP contribution < -0.4 is 10.5 Å². The highest BCUT2D eigenvalue weighted by Gasteiger charge is 2.50. The maximum atomic E-state index is 13.3. The number of sulfone groups is 1. The molecular weight excluding hydrogens is 514 g/mol. The van der Waals surface area contributed by atoms with Crippen LogP contribution in [0.4, 0.5) is 0 Å². The molecule has 0 aromatic heterocycles. The fourth-order valence-electron chi connectivity index (χ4n) is 5.02. The fraction of sp³-hybridized carbons (Fsp3) is 0.323. The van der Waals surface area contributed by atoms with E-state index in [1.54, 1.807) is 23.9 Å². The molecular formula is C31H35NO4S2.